The highest BCUT2D eigenvalue weighted by Gasteiger charge is 2.64. The Bertz CT molecular complexity index is 237. The highest BCUT2D eigenvalue weighted by molar-refractivity contribution is 7.99. The molecule has 1 N–H and O–H groups in total. The van der Waals surface area contributed by atoms with Gasteiger partial charge >= 0.3 is 6.18 Å². The van der Waals surface area contributed by atoms with E-state index in [-0.39, 0.29) is 18.9 Å². The third kappa shape index (κ3) is 2.28. The summed E-state index contributed by atoms with van der Waals surface area (Å²) in [6.45, 7) is 2.02. The predicted molar refractivity (Wildman–Crippen MR) is 56.1 cm³/mol. The first-order valence-electron chi connectivity index (χ1n) is 5.41. The van der Waals surface area contributed by atoms with Gasteiger partial charge in [0.05, 0.1) is 0 Å². The molecule has 1 aliphatic heterocycles. The molecule has 88 valence electrons. The molecular formula is C10H16F3NS. The standard InChI is InChI=1S/C10H16F3NS/c1-7-8(3-2-6-15-7)14-9(4-5-9)10(11,12)13/h7-8,14H,2-6H2,1H3. The van der Waals surface area contributed by atoms with E-state index in [0.29, 0.717) is 5.25 Å². The van der Waals surface area contributed by atoms with Gasteiger partial charge in [0.15, 0.2) is 0 Å². The summed E-state index contributed by atoms with van der Waals surface area (Å²) >= 11 is 1.78. The van der Waals surface area contributed by atoms with Gasteiger partial charge in [-0.2, -0.15) is 24.9 Å². The first-order chi connectivity index (χ1) is 6.95. The van der Waals surface area contributed by atoms with Gasteiger partial charge in [-0.25, -0.2) is 0 Å². The van der Waals surface area contributed by atoms with Crippen molar-refractivity contribution in [2.24, 2.45) is 0 Å². The average Bonchev–Trinajstić information content (AvgIpc) is 2.89. The van der Waals surface area contributed by atoms with Crippen LogP contribution in [0.25, 0.3) is 0 Å². The van der Waals surface area contributed by atoms with Crippen molar-refractivity contribution in [3.63, 3.8) is 0 Å². The van der Waals surface area contributed by atoms with Crippen molar-refractivity contribution in [2.75, 3.05) is 5.75 Å². The van der Waals surface area contributed by atoms with E-state index in [1.54, 1.807) is 11.8 Å². The summed E-state index contributed by atoms with van der Waals surface area (Å²) in [7, 11) is 0. The second-order valence-electron chi connectivity index (χ2n) is 4.55. The van der Waals surface area contributed by atoms with Crippen molar-refractivity contribution >= 4 is 11.8 Å². The fraction of sp³-hybridized carbons (Fsp3) is 1.00. The van der Waals surface area contributed by atoms with Gasteiger partial charge in [-0.3, -0.25) is 5.32 Å². The van der Waals surface area contributed by atoms with Gasteiger partial charge in [0.25, 0.3) is 0 Å². The Hall–Kier alpha value is 0.100. The molecule has 2 fully saturated rings. The molecule has 1 heterocycles. The van der Waals surface area contributed by atoms with Gasteiger partial charge in [-0.1, -0.05) is 6.92 Å². The van der Waals surface area contributed by atoms with Crippen molar-refractivity contribution in [3.05, 3.63) is 0 Å². The molecule has 1 saturated heterocycles. The van der Waals surface area contributed by atoms with Crippen molar-refractivity contribution in [1.29, 1.82) is 0 Å². The van der Waals surface area contributed by atoms with E-state index in [1.807, 2.05) is 6.92 Å². The summed E-state index contributed by atoms with van der Waals surface area (Å²) in [6.07, 6.45) is -1.66. The molecule has 0 spiro atoms. The quantitative estimate of drug-likeness (QED) is 0.795. The minimum Gasteiger partial charge on any atom is -0.300 e. The van der Waals surface area contributed by atoms with E-state index < -0.39 is 11.7 Å². The lowest BCUT2D eigenvalue weighted by Crippen LogP contribution is -2.53. The van der Waals surface area contributed by atoms with Crippen LogP contribution in [0.5, 0.6) is 0 Å². The Morgan fingerprint density at radius 2 is 2.00 bits per heavy atom. The average molecular weight is 239 g/mol. The molecule has 2 aliphatic rings. The third-order valence-electron chi connectivity index (χ3n) is 3.36. The summed E-state index contributed by atoms with van der Waals surface area (Å²) in [6, 6.07) is 0.0351. The van der Waals surface area contributed by atoms with Crippen molar-refractivity contribution in [2.45, 2.75) is 55.6 Å². The number of thioether (sulfide) groups is 1. The van der Waals surface area contributed by atoms with Gasteiger partial charge in [-0.05, 0) is 31.4 Å². The lowest BCUT2D eigenvalue weighted by molar-refractivity contribution is -0.168. The van der Waals surface area contributed by atoms with Crippen LogP contribution in [0, 0.1) is 0 Å². The topological polar surface area (TPSA) is 12.0 Å². The smallest absolute Gasteiger partial charge is 0.300 e. The molecule has 0 radical (unpaired) electrons. The number of halogens is 3. The van der Waals surface area contributed by atoms with Gasteiger partial charge < -0.3 is 0 Å². The molecule has 2 unspecified atom stereocenters. The Balaban J connectivity index is 1.96. The van der Waals surface area contributed by atoms with Crippen LogP contribution in [-0.2, 0) is 0 Å². The SMILES string of the molecule is CC1SCCCC1NC1(C(F)(F)F)CC1. The Morgan fingerprint density at radius 1 is 1.33 bits per heavy atom. The van der Waals surface area contributed by atoms with Crippen LogP contribution in [0.2, 0.25) is 0 Å². The molecule has 1 saturated carbocycles. The van der Waals surface area contributed by atoms with Crippen LogP contribution in [0.1, 0.15) is 32.6 Å². The highest BCUT2D eigenvalue weighted by Crippen LogP contribution is 2.50. The Labute approximate surface area is 92.2 Å². The van der Waals surface area contributed by atoms with Crippen molar-refractivity contribution < 1.29 is 13.2 Å². The zero-order valence-corrected chi connectivity index (χ0v) is 9.55. The number of nitrogens with one attached hydrogen (secondary N) is 1. The van der Waals surface area contributed by atoms with Gasteiger partial charge in [0.2, 0.25) is 0 Å². The van der Waals surface area contributed by atoms with Gasteiger partial charge in [-0.15, -0.1) is 0 Å². The third-order valence-corrected chi connectivity index (χ3v) is 4.74. The van der Waals surface area contributed by atoms with E-state index in [0.717, 1.165) is 18.6 Å². The van der Waals surface area contributed by atoms with Gasteiger partial charge in [0, 0.05) is 11.3 Å². The van der Waals surface area contributed by atoms with E-state index in [1.165, 1.54) is 0 Å². The maximum Gasteiger partial charge on any atom is 0.406 e. The van der Waals surface area contributed by atoms with E-state index in [2.05, 4.69) is 5.32 Å². The molecule has 15 heavy (non-hydrogen) atoms. The number of hydrogen-bond acceptors (Lipinski definition) is 2. The van der Waals surface area contributed by atoms with Crippen LogP contribution in [0.4, 0.5) is 13.2 Å². The fourth-order valence-electron chi connectivity index (χ4n) is 2.10. The first kappa shape index (κ1) is 11.6. The molecule has 1 nitrogen and oxygen atoms in total. The molecule has 2 atom stereocenters. The minimum absolute atomic E-state index is 0.0351. The fourth-order valence-corrected chi connectivity index (χ4v) is 3.24. The molecule has 0 bridgehead atoms. The molecule has 5 heteroatoms. The van der Waals surface area contributed by atoms with E-state index in [9.17, 15) is 13.2 Å². The number of alkyl halides is 3. The molecular weight excluding hydrogens is 223 g/mol. The Morgan fingerprint density at radius 3 is 2.47 bits per heavy atom. The molecule has 0 aromatic rings. The zero-order chi connectivity index (χ0) is 11.1. The van der Waals surface area contributed by atoms with Crippen LogP contribution in [0.15, 0.2) is 0 Å². The lowest BCUT2D eigenvalue weighted by atomic mass is 10.1. The summed E-state index contributed by atoms with van der Waals surface area (Å²) in [4.78, 5) is 0. The summed E-state index contributed by atoms with van der Waals surface area (Å²) in [5, 5.41) is 3.15. The molecule has 0 amide bonds. The second-order valence-corrected chi connectivity index (χ2v) is 6.03. The molecule has 1 aliphatic carbocycles. The largest absolute Gasteiger partial charge is 0.406 e. The molecule has 0 aromatic heterocycles. The molecule has 2 rings (SSSR count). The zero-order valence-electron chi connectivity index (χ0n) is 8.73. The predicted octanol–water partition coefficient (Wildman–Crippen LogP) is 2.96. The summed E-state index contributed by atoms with van der Waals surface area (Å²) in [5.41, 5.74) is -1.54. The lowest BCUT2D eigenvalue weighted by Gasteiger charge is -2.34. The van der Waals surface area contributed by atoms with Gasteiger partial charge in [0.1, 0.15) is 5.54 Å². The van der Waals surface area contributed by atoms with Crippen LogP contribution >= 0.6 is 11.8 Å². The first-order valence-corrected chi connectivity index (χ1v) is 6.45. The normalized spacial score (nSPS) is 35.2. The van der Waals surface area contributed by atoms with Crippen LogP contribution in [0.3, 0.4) is 0 Å². The highest BCUT2D eigenvalue weighted by atomic mass is 32.2. The number of rotatable bonds is 2. The number of hydrogen-bond donors (Lipinski definition) is 1. The summed E-state index contributed by atoms with van der Waals surface area (Å²) in [5.74, 6) is 1.08. The van der Waals surface area contributed by atoms with Crippen LogP contribution < -0.4 is 5.32 Å². The maximum atomic E-state index is 12.7. The van der Waals surface area contributed by atoms with E-state index >= 15 is 0 Å². The maximum absolute atomic E-state index is 12.7. The van der Waals surface area contributed by atoms with Crippen molar-refractivity contribution in [1.82, 2.24) is 5.32 Å². The van der Waals surface area contributed by atoms with Crippen molar-refractivity contribution in [3.8, 4) is 0 Å². The van der Waals surface area contributed by atoms with E-state index in [4.69, 9.17) is 0 Å². The monoisotopic (exact) mass is 239 g/mol. The second kappa shape index (κ2) is 3.84. The minimum atomic E-state index is -4.07. The summed E-state index contributed by atoms with van der Waals surface area (Å²) < 4.78 is 38.1. The van der Waals surface area contributed by atoms with Crippen LogP contribution in [-0.4, -0.2) is 28.8 Å². The Kier molecular flexibility index (Phi) is 2.97. The molecule has 0 aromatic carbocycles.